The van der Waals surface area contributed by atoms with Gasteiger partial charge in [0, 0.05) is 57.4 Å². The lowest BCUT2D eigenvalue weighted by molar-refractivity contribution is -0.151. The van der Waals surface area contributed by atoms with Crippen molar-refractivity contribution in [2.24, 2.45) is 0 Å². The van der Waals surface area contributed by atoms with Crippen LogP contribution in [-0.2, 0) is 22.7 Å². The van der Waals surface area contributed by atoms with Gasteiger partial charge in [-0.05, 0) is 35.7 Å². The lowest BCUT2D eigenvalue weighted by Gasteiger charge is -2.31. The average Bonchev–Trinajstić information content (AvgIpc) is 3.53. The highest BCUT2D eigenvalue weighted by Crippen LogP contribution is 2.25. The number of hydrogen-bond acceptors (Lipinski definition) is 8. The molecule has 2 aromatic carbocycles. The highest BCUT2D eigenvalue weighted by molar-refractivity contribution is 5.87. The fraction of sp³-hybridized carbons (Fsp3) is 0.429. The number of anilines is 1. The molecule has 10 nitrogen and oxygen atoms in total. The standard InChI is InChI=1S/C28H37N7O3/c1-19(2)29-12-13-34(18-27(37)33(5)35-16-23-8-6-7-9-24(23)17-35)26(36)15-30-25-14-22(11-10-20(25)3)28-32-31-21(4)38-28/h6-11,14,19,29-30H,12-13,15-18H2,1-5H3. The van der Waals surface area contributed by atoms with Crippen molar-refractivity contribution in [3.05, 3.63) is 65.0 Å². The molecule has 0 saturated heterocycles. The number of hydrogen-bond donors (Lipinski definition) is 2. The number of likely N-dealkylation sites (N-methyl/N-ethyl adjacent to an activating group) is 1. The Kier molecular flexibility index (Phi) is 8.75. The van der Waals surface area contributed by atoms with Gasteiger partial charge in [0.15, 0.2) is 0 Å². The third-order valence-corrected chi connectivity index (χ3v) is 6.66. The van der Waals surface area contributed by atoms with Crippen LogP contribution in [0.15, 0.2) is 46.9 Å². The van der Waals surface area contributed by atoms with Gasteiger partial charge in [0.25, 0.3) is 5.91 Å². The molecule has 0 atom stereocenters. The molecule has 1 aliphatic rings. The van der Waals surface area contributed by atoms with Crippen LogP contribution in [-0.4, -0.2) is 76.2 Å². The van der Waals surface area contributed by atoms with Crippen molar-refractivity contribution in [2.75, 3.05) is 38.5 Å². The van der Waals surface area contributed by atoms with Gasteiger partial charge in [-0.15, -0.1) is 10.2 Å². The van der Waals surface area contributed by atoms with Gasteiger partial charge < -0.3 is 20.0 Å². The number of amides is 2. The third kappa shape index (κ3) is 6.76. The van der Waals surface area contributed by atoms with Crippen molar-refractivity contribution in [3.8, 4) is 11.5 Å². The van der Waals surface area contributed by atoms with Crippen molar-refractivity contribution in [2.45, 2.75) is 46.8 Å². The van der Waals surface area contributed by atoms with Crippen molar-refractivity contribution in [1.82, 2.24) is 30.4 Å². The highest BCUT2D eigenvalue weighted by atomic mass is 16.4. The molecular weight excluding hydrogens is 482 g/mol. The third-order valence-electron chi connectivity index (χ3n) is 6.66. The minimum absolute atomic E-state index is 0.00389. The fourth-order valence-corrected chi connectivity index (χ4v) is 4.37. The summed E-state index contributed by atoms with van der Waals surface area (Å²) < 4.78 is 5.54. The molecule has 0 aliphatic carbocycles. The van der Waals surface area contributed by atoms with Crippen molar-refractivity contribution >= 4 is 17.5 Å². The molecule has 0 spiro atoms. The topological polar surface area (TPSA) is 107 Å². The van der Waals surface area contributed by atoms with Gasteiger partial charge in [-0.1, -0.05) is 44.2 Å². The summed E-state index contributed by atoms with van der Waals surface area (Å²) in [5.74, 6) is 0.639. The second kappa shape index (κ2) is 12.2. The second-order valence-electron chi connectivity index (χ2n) is 9.94. The van der Waals surface area contributed by atoms with Gasteiger partial charge in [0.05, 0.1) is 6.54 Å². The van der Waals surface area contributed by atoms with E-state index in [0.29, 0.717) is 38.0 Å². The van der Waals surface area contributed by atoms with E-state index in [2.05, 4.69) is 46.8 Å². The Morgan fingerprint density at radius 1 is 1.05 bits per heavy atom. The number of carbonyl (C=O) groups is 2. The van der Waals surface area contributed by atoms with Crippen LogP contribution >= 0.6 is 0 Å². The lowest BCUT2D eigenvalue weighted by atomic mass is 10.1. The molecule has 0 saturated carbocycles. The second-order valence-corrected chi connectivity index (χ2v) is 9.94. The maximum absolute atomic E-state index is 13.3. The first-order chi connectivity index (χ1) is 18.2. The van der Waals surface area contributed by atoms with E-state index in [9.17, 15) is 9.59 Å². The number of rotatable bonds is 11. The van der Waals surface area contributed by atoms with E-state index in [-0.39, 0.29) is 30.9 Å². The Bertz CT molecular complexity index is 1250. The summed E-state index contributed by atoms with van der Waals surface area (Å²) in [6.45, 7) is 10.3. The number of fused-ring (bicyclic) bond motifs is 1. The molecule has 2 heterocycles. The summed E-state index contributed by atoms with van der Waals surface area (Å²) in [5.41, 5.74) is 4.99. The van der Waals surface area contributed by atoms with Gasteiger partial charge in [-0.25, -0.2) is 5.01 Å². The zero-order valence-corrected chi connectivity index (χ0v) is 22.8. The van der Waals surface area contributed by atoms with Crippen LogP contribution in [0.3, 0.4) is 0 Å². The van der Waals surface area contributed by atoms with Crippen LogP contribution in [0.4, 0.5) is 5.69 Å². The zero-order chi connectivity index (χ0) is 27.2. The van der Waals surface area contributed by atoms with Gasteiger partial charge >= 0.3 is 0 Å². The summed E-state index contributed by atoms with van der Waals surface area (Å²) in [6.07, 6.45) is 0. The molecule has 0 radical (unpaired) electrons. The van der Waals surface area contributed by atoms with Crippen molar-refractivity contribution in [3.63, 3.8) is 0 Å². The van der Waals surface area contributed by atoms with Gasteiger partial charge in [-0.3, -0.25) is 14.6 Å². The molecule has 0 unspecified atom stereocenters. The molecule has 2 N–H and O–H groups in total. The fourth-order valence-electron chi connectivity index (χ4n) is 4.37. The zero-order valence-electron chi connectivity index (χ0n) is 22.8. The molecule has 1 aromatic heterocycles. The number of aromatic nitrogens is 2. The molecule has 4 rings (SSSR count). The minimum atomic E-state index is -0.152. The number of benzene rings is 2. The van der Waals surface area contributed by atoms with E-state index in [1.807, 2.05) is 42.3 Å². The molecule has 0 fully saturated rings. The number of carbonyl (C=O) groups excluding carboxylic acids is 2. The molecule has 10 heteroatoms. The molecule has 1 aliphatic heterocycles. The summed E-state index contributed by atoms with van der Waals surface area (Å²) in [7, 11) is 1.77. The molecule has 0 bridgehead atoms. The van der Waals surface area contributed by atoms with Gasteiger partial charge in [0.2, 0.25) is 17.7 Å². The van der Waals surface area contributed by atoms with E-state index in [4.69, 9.17) is 4.42 Å². The summed E-state index contributed by atoms with van der Waals surface area (Å²) in [4.78, 5) is 28.2. The predicted molar refractivity (Wildman–Crippen MR) is 146 cm³/mol. The van der Waals surface area contributed by atoms with E-state index >= 15 is 0 Å². The Morgan fingerprint density at radius 3 is 2.39 bits per heavy atom. The largest absolute Gasteiger partial charge is 0.421 e. The minimum Gasteiger partial charge on any atom is -0.421 e. The first-order valence-electron chi connectivity index (χ1n) is 13.0. The van der Waals surface area contributed by atoms with Gasteiger partial charge in [-0.2, -0.15) is 0 Å². The van der Waals surface area contributed by atoms with E-state index in [0.717, 1.165) is 16.8 Å². The molecular formula is C28H37N7O3. The van der Waals surface area contributed by atoms with Crippen molar-refractivity contribution < 1.29 is 14.0 Å². The van der Waals surface area contributed by atoms with E-state index < -0.39 is 0 Å². The van der Waals surface area contributed by atoms with Crippen LogP contribution in [0.1, 0.15) is 36.4 Å². The molecule has 2 amide bonds. The SMILES string of the molecule is Cc1nnc(-c2ccc(C)c(NCC(=O)N(CCNC(C)C)CC(=O)N(C)N3Cc4ccccc4C3)c2)o1. The number of nitrogens with one attached hydrogen (secondary N) is 2. The quantitative estimate of drug-likeness (QED) is 0.398. The van der Waals surface area contributed by atoms with Gasteiger partial charge in [0.1, 0.15) is 6.54 Å². The Balaban J connectivity index is 1.40. The average molecular weight is 520 g/mol. The summed E-state index contributed by atoms with van der Waals surface area (Å²) in [5, 5.41) is 18.2. The number of aryl methyl sites for hydroxylation is 2. The first kappa shape index (κ1) is 27.3. The van der Waals surface area contributed by atoms with Crippen molar-refractivity contribution in [1.29, 1.82) is 0 Å². The molecule has 3 aromatic rings. The smallest absolute Gasteiger partial charge is 0.256 e. The number of nitrogens with zero attached hydrogens (tertiary/aromatic N) is 5. The van der Waals surface area contributed by atoms with E-state index in [1.165, 1.54) is 11.1 Å². The maximum Gasteiger partial charge on any atom is 0.256 e. The molecule has 38 heavy (non-hydrogen) atoms. The normalized spacial score (nSPS) is 13.0. The van der Waals surface area contributed by atoms with Crippen LogP contribution < -0.4 is 10.6 Å². The van der Waals surface area contributed by atoms with Crippen LogP contribution in [0, 0.1) is 13.8 Å². The van der Waals surface area contributed by atoms with Crippen LogP contribution in [0.25, 0.3) is 11.5 Å². The Labute approximate surface area is 224 Å². The summed E-state index contributed by atoms with van der Waals surface area (Å²) >= 11 is 0. The lowest BCUT2D eigenvalue weighted by Crippen LogP contribution is -2.49. The Hall–Kier alpha value is -3.76. The number of hydrazine groups is 1. The van der Waals surface area contributed by atoms with Crippen LogP contribution in [0.2, 0.25) is 0 Å². The monoisotopic (exact) mass is 519 g/mol. The van der Waals surface area contributed by atoms with E-state index in [1.54, 1.807) is 23.9 Å². The summed E-state index contributed by atoms with van der Waals surface area (Å²) in [6, 6.07) is 14.2. The maximum atomic E-state index is 13.3. The molecule has 202 valence electrons. The highest BCUT2D eigenvalue weighted by Gasteiger charge is 2.27. The first-order valence-corrected chi connectivity index (χ1v) is 13.0. The predicted octanol–water partition coefficient (Wildman–Crippen LogP) is 2.98. The Morgan fingerprint density at radius 2 is 1.76 bits per heavy atom. The van der Waals surface area contributed by atoms with Crippen LogP contribution in [0.5, 0.6) is 0 Å².